The van der Waals surface area contributed by atoms with E-state index < -0.39 is 0 Å². The average molecular weight is 286 g/mol. The Labute approximate surface area is 123 Å². The van der Waals surface area contributed by atoms with Crippen LogP contribution in [0.15, 0.2) is 36.4 Å². The largest absolute Gasteiger partial charge is 0.354 e. The van der Waals surface area contributed by atoms with Crippen molar-refractivity contribution in [2.24, 2.45) is 7.05 Å². The molecule has 0 unspecified atom stereocenters. The number of benzene rings is 1. The van der Waals surface area contributed by atoms with Gasteiger partial charge in [0.25, 0.3) is 5.91 Å². The van der Waals surface area contributed by atoms with Crippen molar-refractivity contribution in [2.75, 3.05) is 12.4 Å². The second kappa shape index (κ2) is 6.69. The molecular weight excluding hydrogens is 268 g/mol. The summed E-state index contributed by atoms with van der Waals surface area (Å²) < 4.78 is 1.48. The van der Waals surface area contributed by atoms with E-state index in [0.717, 1.165) is 5.56 Å². The van der Waals surface area contributed by atoms with Crippen molar-refractivity contribution in [1.29, 1.82) is 0 Å². The molecule has 0 aliphatic carbocycles. The van der Waals surface area contributed by atoms with Crippen LogP contribution < -0.4 is 10.6 Å². The monoisotopic (exact) mass is 286 g/mol. The van der Waals surface area contributed by atoms with Gasteiger partial charge in [0.05, 0.1) is 0 Å². The molecule has 0 aliphatic rings. The lowest BCUT2D eigenvalue weighted by molar-refractivity contribution is -0.116. The van der Waals surface area contributed by atoms with E-state index in [2.05, 4.69) is 15.7 Å². The summed E-state index contributed by atoms with van der Waals surface area (Å²) in [4.78, 5) is 23.4. The smallest absolute Gasteiger partial charge is 0.271 e. The first kappa shape index (κ1) is 14.8. The van der Waals surface area contributed by atoms with Gasteiger partial charge < -0.3 is 10.6 Å². The van der Waals surface area contributed by atoms with Crippen molar-refractivity contribution in [1.82, 2.24) is 15.1 Å². The number of aryl methyl sites for hydroxylation is 2. The normalized spacial score (nSPS) is 10.2. The van der Waals surface area contributed by atoms with E-state index in [4.69, 9.17) is 0 Å². The Balaban J connectivity index is 1.93. The van der Waals surface area contributed by atoms with Gasteiger partial charge >= 0.3 is 0 Å². The standard InChI is InChI=1S/C15H18N4O2/c1-16-15(21)12-10-13(19(2)18-12)17-14(20)9-8-11-6-4-3-5-7-11/h3-7,10H,8-9H2,1-2H3,(H,16,21)(H,17,20). The number of carbonyl (C=O) groups excluding carboxylic acids is 2. The predicted octanol–water partition coefficient (Wildman–Crippen LogP) is 1.35. The summed E-state index contributed by atoms with van der Waals surface area (Å²) in [5.74, 6) is 0.118. The van der Waals surface area contributed by atoms with E-state index in [1.54, 1.807) is 13.1 Å². The lowest BCUT2D eigenvalue weighted by atomic mass is 10.1. The summed E-state index contributed by atoms with van der Waals surface area (Å²) in [5, 5.41) is 9.30. The minimum Gasteiger partial charge on any atom is -0.354 e. The third-order valence-corrected chi connectivity index (χ3v) is 3.09. The Morgan fingerprint density at radius 3 is 2.62 bits per heavy atom. The van der Waals surface area contributed by atoms with Crippen LogP contribution in [0.3, 0.4) is 0 Å². The Morgan fingerprint density at radius 1 is 1.24 bits per heavy atom. The van der Waals surface area contributed by atoms with Gasteiger partial charge in [-0.15, -0.1) is 0 Å². The van der Waals surface area contributed by atoms with Gasteiger partial charge in [0, 0.05) is 26.6 Å². The minimum atomic E-state index is -0.282. The molecule has 21 heavy (non-hydrogen) atoms. The van der Waals surface area contributed by atoms with Crippen LogP contribution in [0.5, 0.6) is 0 Å². The maximum Gasteiger partial charge on any atom is 0.271 e. The van der Waals surface area contributed by atoms with Crippen LogP contribution in [-0.2, 0) is 18.3 Å². The number of hydrogen-bond acceptors (Lipinski definition) is 3. The number of amides is 2. The van der Waals surface area contributed by atoms with E-state index in [9.17, 15) is 9.59 Å². The number of carbonyl (C=O) groups is 2. The highest BCUT2D eigenvalue weighted by atomic mass is 16.2. The van der Waals surface area contributed by atoms with Gasteiger partial charge in [0.2, 0.25) is 5.91 Å². The highest BCUT2D eigenvalue weighted by Crippen LogP contribution is 2.10. The number of hydrogen-bond donors (Lipinski definition) is 2. The molecule has 0 spiro atoms. The van der Waals surface area contributed by atoms with Crippen molar-refractivity contribution < 1.29 is 9.59 Å². The predicted molar refractivity (Wildman–Crippen MR) is 80.0 cm³/mol. The maximum absolute atomic E-state index is 11.9. The van der Waals surface area contributed by atoms with Gasteiger partial charge in [-0.25, -0.2) is 0 Å². The quantitative estimate of drug-likeness (QED) is 0.871. The third kappa shape index (κ3) is 3.92. The molecule has 6 nitrogen and oxygen atoms in total. The third-order valence-electron chi connectivity index (χ3n) is 3.09. The van der Waals surface area contributed by atoms with Crippen LogP contribution in [0.25, 0.3) is 0 Å². The second-order valence-electron chi connectivity index (χ2n) is 4.65. The Hall–Kier alpha value is -2.63. The molecule has 2 rings (SSSR count). The van der Waals surface area contributed by atoms with Crippen LogP contribution in [0.1, 0.15) is 22.5 Å². The van der Waals surface area contributed by atoms with Crippen molar-refractivity contribution in [2.45, 2.75) is 12.8 Å². The summed E-state index contributed by atoms with van der Waals surface area (Å²) >= 11 is 0. The zero-order valence-electron chi connectivity index (χ0n) is 12.1. The highest BCUT2D eigenvalue weighted by Gasteiger charge is 2.13. The number of nitrogens with zero attached hydrogens (tertiary/aromatic N) is 2. The molecule has 0 radical (unpaired) electrons. The summed E-state index contributed by atoms with van der Waals surface area (Å²) in [5.41, 5.74) is 1.39. The molecular formula is C15H18N4O2. The van der Waals surface area contributed by atoms with E-state index in [1.165, 1.54) is 11.7 Å². The van der Waals surface area contributed by atoms with Crippen LogP contribution in [0, 0.1) is 0 Å². The van der Waals surface area contributed by atoms with E-state index in [0.29, 0.717) is 18.7 Å². The fourth-order valence-corrected chi connectivity index (χ4v) is 1.93. The van der Waals surface area contributed by atoms with Gasteiger partial charge in [0.1, 0.15) is 5.82 Å². The molecule has 1 aromatic heterocycles. The van der Waals surface area contributed by atoms with E-state index in [1.807, 2.05) is 30.3 Å². The molecule has 0 saturated heterocycles. The van der Waals surface area contributed by atoms with Gasteiger partial charge in [-0.05, 0) is 12.0 Å². The minimum absolute atomic E-state index is 0.106. The topological polar surface area (TPSA) is 76.0 Å². The first-order valence-electron chi connectivity index (χ1n) is 6.70. The lowest BCUT2D eigenvalue weighted by Gasteiger charge is -2.05. The fourth-order valence-electron chi connectivity index (χ4n) is 1.93. The van der Waals surface area contributed by atoms with E-state index >= 15 is 0 Å². The molecule has 2 N–H and O–H groups in total. The number of aromatic nitrogens is 2. The molecule has 1 aromatic carbocycles. The molecule has 2 aromatic rings. The van der Waals surface area contributed by atoms with Gasteiger partial charge in [0.15, 0.2) is 5.69 Å². The summed E-state index contributed by atoms with van der Waals surface area (Å²) in [6.45, 7) is 0. The molecule has 110 valence electrons. The molecule has 0 saturated carbocycles. The van der Waals surface area contributed by atoms with Gasteiger partial charge in [-0.1, -0.05) is 30.3 Å². The Bertz CT molecular complexity index is 634. The summed E-state index contributed by atoms with van der Waals surface area (Å²) in [6, 6.07) is 11.4. The van der Waals surface area contributed by atoms with Crippen molar-refractivity contribution in [3.8, 4) is 0 Å². The molecule has 0 fully saturated rings. The second-order valence-corrected chi connectivity index (χ2v) is 4.65. The van der Waals surface area contributed by atoms with Crippen molar-refractivity contribution in [3.63, 3.8) is 0 Å². The number of anilines is 1. The molecule has 0 bridgehead atoms. The lowest BCUT2D eigenvalue weighted by Crippen LogP contribution is -2.18. The number of nitrogens with one attached hydrogen (secondary N) is 2. The summed E-state index contributed by atoms with van der Waals surface area (Å²) in [7, 11) is 3.22. The zero-order chi connectivity index (χ0) is 15.2. The molecule has 2 amide bonds. The molecule has 1 heterocycles. The molecule has 0 aliphatic heterocycles. The van der Waals surface area contributed by atoms with Crippen LogP contribution in [0.2, 0.25) is 0 Å². The molecule has 6 heteroatoms. The molecule has 0 atom stereocenters. The van der Waals surface area contributed by atoms with Crippen LogP contribution in [-0.4, -0.2) is 28.6 Å². The highest BCUT2D eigenvalue weighted by molar-refractivity contribution is 5.95. The average Bonchev–Trinajstić information content (AvgIpc) is 2.86. The van der Waals surface area contributed by atoms with E-state index in [-0.39, 0.29) is 17.5 Å². The van der Waals surface area contributed by atoms with Crippen molar-refractivity contribution in [3.05, 3.63) is 47.7 Å². The SMILES string of the molecule is CNC(=O)c1cc(NC(=O)CCc2ccccc2)n(C)n1. The Morgan fingerprint density at radius 2 is 1.95 bits per heavy atom. The van der Waals surface area contributed by atoms with Gasteiger partial charge in [-0.2, -0.15) is 5.10 Å². The van der Waals surface area contributed by atoms with Crippen LogP contribution in [0.4, 0.5) is 5.82 Å². The fraction of sp³-hybridized carbons (Fsp3) is 0.267. The maximum atomic E-state index is 11.9. The van der Waals surface area contributed by atoms with Crippen LogP contribution >= 0.6 is 0 Å². The Kier molecular flexibility index (Phi) is 4.71. The number of rotatable bonds is 5. The first-order chi connectivity index (χ1) is 10.1. The van der Waals surface area contributed by atoms with Crippen molar-refractivity contribution >= 4 is 17.6 Å². The van der Waals surface area contributed by atoms with Gasteiger partial charge in [-0.3, -0.25) is 14.3 Å². The summed E-state index contributed by atoms with van der Waals surface area (Å²) in [6.07, 6.45) is 1.05. The zero-order valence-corrected chi connectivity index (χ0v) is 12.1. The first-order valence-corrected chi connectivity index (χ1v) is 6.70.